The lowest BCUT2D eigenvalue weighted by molar-refractivity contribution is -0.385. The van der Waals surface area contributed by atoms with Crippen LogP contribution in [0.25, 0.3) is 11.0 Å². The summed E-state index contributed by atoms with van der Waals surface area (Å²) < 4.78 is 5.35. The Bertz CT molecular complexity index is 934. The van der Waals surface area contributed by atoms with Crippen LogP contribution < -0.4 is 10.1 Å². The van der Waals surface area contributed by atoms with Crippen LogP contribution in [-0.4, -0.2) is 27.4 Å². The average molecular weight is 368 g/mol. The van der Waals surface area contributed by atoms with Gasteiger partial charge in [0.1, 0.15) is 5.82 Å². The number of H-pyrrole nitrogens is 1. The molecule has 8 heteroatoms. The number of para-hydroxylation sites is 4. The molecule has 0 aliphatic rings. The number of hydrogen-bond donors (Lipinski definition) is 2. The van der Waals surface area contributed by atoms with Crippen molar-refractivity contribution in [2.24, 2.45) is 5.92 Å². The molecule has 1 amide bonds. The van der Waals surface area contributed by atoms with Crippen molar-refractivity contribution in [3.05, 3.63) is 64.5 Å². The maximum Gasteiger partial charge on any atom is 0.310 e. The molecule has 1 heterocycles. The highest BCUT2D eigenvalue weighted by Crippen LogP contribution is 2.26. The van der Waals surface area contributed by atoms with Crippen molar-refractivity contribution in [2.45, 2.75) is 19.9 Å². The number of rotatable bonds is 7. The summed E-state index contributed by atoms with van der Waals surface area (Å²) in [5.74, 6) is 0.417. The van der Waals surface area contributed by atoms with Gasteiger partial charge in [0.25, 0.3) is 5.91 Å². The number of nitro benzene ring substituents is 1. The van der Waals surface area contributed by atoms with E-state index in [1.54, 1.807) is 12.1 Å². The van der Waals surface area contributed by atoms with Gasteiger partial charge >= 0.3 is 5.69 Å². The molecule has 3 rings (SSSR count). The van der Waals surface area contributed by atoms with E-state index < -0.39 is 4.92 Å². The number of carbonyl (C=O) groups excluding carboxylic acids is 1. The molecule has 0 aliphatic carbocycles. The second-order valence-corrected chi connectivity index (χ2v) is 6.44. The van der Waals surface area contributed by atoms with Crippen LogP contribution >= 0.6 is 0 Å². The number of fused-ring (bicyclic) bond motifs is 1. The van der Waals surface area contributed by atoms with Crippen molar-refractivity contribution in [2.75, 3.05) is 6.61 Å². The van der Waals surface area contributed by atoms with E-state index in [0.29, 0.717) is 5.82 Å². The molecule has 3 aromatic rings. The summed E-state index contributed by atoms with van der Waals surface area (Å²) in [5, 5.41) is 13.9. The zero-order chi connectivity index (χ0) is 19.4. The molecule has 8 nitrogen and oxygen atoms in total. The number of hydrogen-bond acceptors (Lipinski definition) is 5. The van der Waals surface area contributed by atoms with Gasteiger partial charge in [0, 0.05) is 6.07 Å². The van der Waals surface area contributed by atoms with Crippen LogP contribution in [0.15, 0.2) is 48.5 Å². The SMILES string of the molecule is CC(C)[C@@H](NC(=O)COc1ccccc1[N+](=O)[O-])c1nc2ccccc2[nH]1. The highest BCUT2D eigenvalue weighted by atomic mass is 16.6. The third-order valence-corrected chi connectivity index (χ3v) is 4.11. The van der Waals surface area contributed by atoms with Gasteiger partial charge in [-0.05, 0) is 24.1 Å². The summed E-state index contributed by atoms with van der Waals surface area (Å²) in [7, 11) is 0. The molecule has 0 saturated carbocycles. The van der Waals surface area contributed by atoms with Gasteiger partial charge in [0.05, 0.1) is 22.0 Å². The van der Waals surface area contributed by atoms with E-state index >= 15 is 0 Å². The Morgan fingerprint density at radius 1 is 1.22 bits per heavy atom. The third-order valence-electron chi connectivity index (χ3n) is 4.11. The number of benzene rings is 2. The first-order valence-corrected chi connectivity index (χ1v) is 8.56. The van der Waals surface area contributed by atoms with Crippen molar-refractivity contribution >= 4 is 22.6 Å². The number of nitrogens with one attached hydrogen (secondary N) is 2. The lowest BCUT2D eigenvalue weighted by atomic mass is 10.0. The van der Waals surface area contributed by atoms with Crippen LogP contribution in [0.4, 0.5) is 5.69 Å². The number of aromatic amines is 1. The number of ether oxygens (including phenoxy) is 1. The Morgan fingerprint density at radius 2 is 1.93 bits per heavy atom. The predicted molar refractivity (Wildman–Crippen MR) is 100 cm³/mol. The number of aromatic nitrogens is 2. The van der Waals surface area contributed by atoms with Crippen LogP contribution in [0.1, 0.15) is 25.7 Å². The topological polar surface area (TPSA) is 110 Å². The lowest BCUT2D eigenvalue weighted by Gasteiger charge is -2.20. The molecule has 0 bridgehead atoms. The highest BCUT2D eigenvalue weighted by Gasteiger charge is 2.22. The summed E-state index contributed by atoms with van der Waals surface area (Å²) in [4.78, 5) is 30.6. The molecule has 1 atom stereocenters. The molecule has 140 valence electrons. The molecular weight excluding hydrogens is 348 g/mol. The Morgan fingerprint density at radius 3 is 2.63 bits per heavy atom. The number of carbonyl (C=O) groups is 1. The summed E-state index contributed by atoms with van der Waals surface area (Å²) in [6.45, 7) is 3.62. The average Bonchev–Trinajstić information content (AvgIpc) is 3.08. The fourth-order valence-corrected chi connectivity index (χ4v) is 2.76. The van der Waals surface area contributed by atoms with E-state index in [0.717, 1.165) is 11.0 Å². The van der Waals surface area contributed by atoms with Crippen molar-refractivity contribution in [3.8, 4) is 5.75 Å². The van der Waals surface area contributed by atoms with Gasteiger partial charge in [-0.3, -0.25) is 14.9 Å². The zero-order valence-corrected chi connectivity index (χ0v) is 15.0. The third kappa shape index (κ3) is 4.22. The van der Waals surface area contributed by atoms with E-state index in [4.69, 9.17) is 4.74 Å². The number of nitro groups is 1. The largest absolute Gasteiger partial charge is 0.477 e. The first-order valence-electron chi connectivity index (χ1n) is 8.56. The molecule has 0 aliphatic heterocycles. The number of amides is 1. The van der Waals surface area contributed by atoms with E-state index in [-0.39, 0.29) is 35.9 Å². The van der Waals surface area contributed by atoms with Gasteiger partial charge in [-0.2, -0.15) is 0 Å². The van der Waals surface area contributed by atoms with Gasteiger partial charge in [-0.15, -0.1) is 0 Å². The molecule has 27 heavy (non-hydrogen) atoms. The van der Waals surface area contributed by atoms with E-state index in [1.807, 2.05) is 38.1 Å². The Balaban J connectivity index is 1.70. The standard InChI is InChI=1S/C19H20N4O4/c1-12(2)18(19-20-13-7-3-4-8-14(13)21-19)22-17(24)11-27-16-10-6-5-9-15(16)23(25)26/h3-10,12,18H,11H2,1-2H3,(H,20,21)(H,22,24)/t18-/m1/s1. The molecule has 1 aromatic heterocycles. The predicted octanol–water partition coefficient (Wildman–Crippen LogP) is 3.36. The molecule has 2 aromatic carbocycles. The first kappa shape index (κ1) is 18.4. The van der Waals surface area contributed by atoms with Gasteiger partial charge in [0.2, 0.25) is 0 Å². The van der Waals surface area contributed by atoms with Crippen molar-refractivity contribution in [1.82, 2.24) is 15.3 Å². The molecule has 0 spiro atoms. The summed E-state index contributed by atoms with van der Waals surface area (Å²) in [5.41, 5.74) is 1.54. The monoisotopic (exact) mass is 368 g/mol. The summed E-state index contributed by atoms with van der Waals surface area (Å²) in [6.07, 6.45) is 0. The van der Waals surface area contributed by atoms with E-state index in [2.05, 4.69) is 15.3 Å². The minimum Gasteiger partial charge on any atom is -0.477 e. The van der Waals surface area contributed by atoms with Gasteiger partial charge in [-0.25, -0.2) is 4.98 Å². The second kappa shape index (κ2) is 7.86. The first-order chi connectivity index (χ1) is 13.0. The smallest absolute Gasteiger partial charge is 0.310 e. The number of nitrogens with zero attached hydrogens (tertiary/aromatic N) is 2. The zero-order valence-electron chi connectivity index (χ0n) is 15.0. The van der Waals surface area contributed by atoms with Crippen LogP contribution in [0.3, 0.4) is 0 Å². The maximum absolute atomic E-state index is 12.4. The van der Waals surface area contributed by atoms with Gasteiger partial charge in [0.15, 0.2) is 12.4 Å². The molecule has 0 unspecified atom stereocenters. The molecule has 0 fully saturated rings. The van der Waals surface area contributed by atoms with E-state index in [1.165, 1.54) is 12.1 Å². The van der Waals surface area contributed by atoms with Crippen LogP contribution in [-0.2, 0) is 4.79 Å². The Kier molecular flexibility index (Phi) is 5.35. The van der Waals surface area contributed by atoms with Crippen LogP contribution in [0.2, 0.25) is 0 Å². The van der Waals surface area contributed by atoms with Crippen LogP contribution in [0, 0.1) is 16.0 Å². The quantitative estimate of drug-likeness (QED) is 0.491. The summed E-state index contributed by atoms with van der Waals surface area (Å²) in [6, 6.07) is 13.2. The highest BCUT2D eigenvalue weighted by molar-refractivity contribution is 5.79. The molecule has 0 saturated heterocycles. The molecule has 0 radical (unpaired) electrons. The normalized spacial score (nSPS) is 12.1. The lowest BCUT2D eigenvalue weighted by Crippen LogP contribution is -2.35. The van der Waals surface area contributed by atoms with Gasteiger partial charge in [-0.1, -0.05) is 38.1 Å². The van der Waals surface area contributed by atoms with Gasteiger partial charge < -0.3 is 15.0 Å². The summed E-state index contributed by atoms with van der Waals surface area (Å²) >= 11 is 0. The fourth-order valence-electron chi connectivity index (χ4n) is 2.76. The molecular formula is C19H20N4O4. The minimum atomic E-state index is -0.543. The van der Waals surface area contributed by atoms with Crippen LogP contribution in [0.5, 0.6) is 5.75 Å². The minimum absolute atomic E-state index is 0.0579. The second-order valence-electron chi connectivity index (χ2n) is 6.44. The van der Waals surface area contributed by atoms with Crippen molar-refractivity contribution in [1.29, 1.82) is 0 Å². The Hall–Kier alpha value is -3.42. The van der Waals surface area contributed by atoms with Crippen molar-refractivity contribution in [3.63, 3.8) is 0 Å². The Labute approximate surface area is 155 Å². The van der Waals surface area contributed by atoms with Crippen molar-refractivity contribution < 1.29 is 14.5 Å². The number of imidazole rings is 1. The maximum atomic E-state index is 12.4. The van der Waals surface area contributed by atoms with E-state index in [9.17, 15) is 14.9 Å². The molecule has 2 N–H and O–H groups in total. The fraction of sp³-hybridized carbons (Fsp3) is 0.263.